The summed E-state index contributed by atoms with van der Waals surface area (Å²) in [5.74, 6) is -1.32. The zero-order valence-corrected chi connectivity index (χ0v) is 14.4. The largest absolute Gasteiger partial charge is 0.481 e. The molecule has 0 radical (unpaired) electrons. The molecule has 24 heavy (non-hydrogen) atoms. The molecule has 0 fully saturated rings. The maximum Gasteiger partial charge on any atom is 0.306 e. The number of fused-ring (bicyclic) bond motifs is 3. The zero-order valence-electron chi connectivity index (χ0n) is 13.6. The first-order chi connectivity index (χ1) is 11.4. The third kappa shape index (κ3) is 2.48. The lowest BCUT2D eigenvalue weighted by atomic mass is 9.85. The molecule has 0 bridgehead atoms. The third-order valence-corrected chi connectivity index (χ3v) is 6.14. The molecule has 126 valence electrons. The van der Waals surface area contributed by atoms with E-state index in [0.29, 0.717) is 30.6 Å². The Morgan fingerprint density at radius 1 is 1.58 bits per heavy atom. The van der Waals surface area contributed by atoms with Crippen molar-refractivity contribution in [3.63, 3.8) is 0 Å². The summed E-state index contributed by atoms with van der Waals surface area (Å²) in [7, 11) is 0. The number of rotatable bonds is 4. The average Bonchev–Trinajstić information content (AvgIpc) is 2.92. The summed E-state index contributed by atoms with van der Waals surface area (Å²) >= 11 is 1.38. The average molecular weight is 347 g/mol. The molecule has 1 aliphatic heterocycles. The van der Waals surface area contributed by atoms with Gasteiger partial charge in [-0.1, -0.05) is 13.3 Å². The fourth-order valence-electron chi connectivity index (χ4n) is 3.59. The number of benzene rings is 1. The lowest BCUT2D eigenvalue weighted by Gasteiger charge is -2.36. The molecule has 0 saturated heterocycles. The van der Waals surface area contributed by atoms with Gasteiger partial charge in [0.25, 0.3) is 0 Å². The van der Waals surface area contributed by atoms with E-state index in [9.17, 15) is 19.6 Å². The molecule has 6 heteroatoms. The fraction of sp³-hybridized carbons (Fsp3) is 0.444. The molecular weight excluding hydrogens is 329 g/mol. The van der Waals surface area contributed by atoms with Crippen molar-refractivity contribution in [1.82, 2.24) is 0 Å². The number of aliphatic carboxylic acids is 1. The maximum absolute atomic E-state index is 14.1. The van der Waals surface area contributed by atoms with E-state index in [0.717, 1.165) is 26.9 Å². The number of carboxylic acids is 1. The molecule has 1 aliphatic rings. The minimum atomic E-state index is -0.919. The van der Waals surface area contributed by atoms with E-state index in [2.05, 4.69) is 6.07 Å². The van der Waals surface area contributed by atoms with Gasteiger partial charge in [-0.05, 0) is 31.4 Å². The number of halogens is 1. The quantitative estimate of drug-likeness (QED) is 0.897. The molecule has 1 N–H and O–H groups in total. The second-order valence-electron chi connectivity index (χ2n) is 6.17. The van der Waals surface area contributed by atoms with Crippen molar-refractivity contribution in [2.24, 2.45) is 0 Å². The van der Waals surface area contributed by atoms with Gasteiger partial charge in [-0.2, -0.15) is 5.26 Å². The molecule has 0 saturated carbocycles. The first-order valence-corrected chi connectivity index (χ1v) is 8.76. The van der Waals surface area contributed by atoms with Gasteiger partial charge < -0.3 is 9.84 Å². The molecule has 2 aromatic rings. The van der Waals surface area contributed by atoms with Gasteiger partial charge in [0.15, 0.2) is 0 Å². The van der Waals surface area contributed by atoms with Crippen LogP contribution in [-0.2, 0) is 21.6 Å². The van der Waals surface area contributed by atoms with Crippen LogP contribution in [0.4, 0.5) is 4.39 Å². The maximum atomic E-state index is 14.1. The van der Waals surface area contributed by atoms with Crippen LogP contribution in [0.3, 0.4) is 0 Å². The Kier molecular flexibility index (Phi) is 4.33. The number of aryl methyl sites for hydroxylation is 1. The molecule has 1 aromatic carbocycles. The van der Waals surface area contributed by atoms with Crippen LogP contribution in [0.1, 0.15) is 47.8 Å². The predicted octanol–water partition coefficient (Wildman–Crippen LogP) is 4.26. The number of hydrogen-bond acceptors (Lipinski definition) is 4. The van der Waals surface area contributed by atoms with Crippen LogP contribution in [0.5, 0.6) is 0 Å². The summed E-state index contributed by atoms with van der Waals surface area (Å²) in [6.45, 7) is 4.09. The number of hydrogen-bond donors (Lipinski definition) is 1. The van der Waals surface area contributed by atoms with E-state index in [1.165, 1.54) is 17.4 Å². The Hall–Kier alpha value is -1.97. The first kappa shape index (κ1) is 16.9. The molecule has 0 aliphatic carbocycles. The van der Waals surface area contributed by atoms with Gasteiger partial charge in [0.1, 0.15) is 11.4 Å². The number of thiophene rings is 1. The van der Waals surface area contributed by atoms with E-state index in [1.54, 1.807) is 6.92 Å². The minimum absolute atomic E-state index is 0.121. The summed E-state index contributed by atoms with van der Waals surface area (Å²) in [6, 6.07) is 3.36. The second-order valence-corrected chi connectivity index (χ2v) is 7.19. The van der Waals surface area contributed by atoms with Crippen LogP contribution < -0.4 is 0 Å². The Bertz CT molecular complexity index is 867. The van der Waals surface area contributed by atoms with Gasteiger partial charge in [0, 0.05) is 20.5 Å². The van der Waals surface area contributed by atoms with Crippen LogP contribution >= 0.6 is 11.3 Å². The number of nitriles is 1. The highest BCUT2D eigenvalue weighted by Crippen LogP contribution is 2.49. The van der Waals surface area contributed by atoms with Gasteiger partial charge >= 0.3 is 5.97 Å². The Morgan fingerprint density at radius 3 is 2.96 bits per heavy atom. The summed E-state index contributed by atoms with van der Waals surface area (Å²) in [4.78, 5) is 12.3. The normalized spacial score (nSPS) is 19.9. The minimum Gasteiger partial charge on any atom is -0.481 e. The van der Waals surface area contributed by atoms with E-state index in [1.807, 2.05) is 6.92 Å². The number of ether oxygens (including phenoxy) is 1. The Morgan fingerprint density at radius 2 is 2.33 bits per heavy atom. The van der Waals surface area contributed by atoms with Gasteiger partial charge in [-0.3, -0.25) is 4.79 Å². The zero-order chi connectivity index (χ0) is 17.5. The van der Waals surface area contributed by atoms with Gasteiger partial charge in [-0.15, -0.1) is 11.3 Å². The number of carboxylic acid groups (broad SMARTS) is 1. The molecule has 2 heterocycles. The summed E-state index contributed by atoms with van der Waals surface area (Å²) < 4.78 is 20.8. The third-order valence-electron chi connectivity index (χ3n) is 4.60. The van der Waals surface area contributed by atoms with Crippen molar-refractivity contribution in [2.75, 3.05) is 6.61 Å². The lowest BCUT2D eigenvalue weighted by molar-refractivity contribution is -0.148. The van der Waals surface area contributed by atoms with E-state index >= 15 is 0 Å². The summed E-state index contributed by atoms with van der Waals surface area (Å²) in [6.07, 6.45) is 1.85. The standard InChI is InChI=1S/C18H18FNO3S/c1-3-5-18(8-14(21)22)17-12(4-6-23-18)15-11(9-20)7-13(19)10(2)16(15)24-17/h7H,3-6,8H2,1-2H3,(H,21,22)/t18-/m1/s1. The lowest BCUT2D eigenvalue weighted by Crippen LogP contribution is -2.36. The molecule has 1 aromatic heterocycles. The van der Waals surface area contributed by atoms with E-state index < -0.39 is 17.4 Å². The fourth-order valence-corrected chi connectivity index (χ4v) is 5.13. The van der Waals surface area contributed by atoms with Crippen LogP contribution in [0.25, 0.3) is 10.1 Å². The Labute approximate surface area is 143 Å². The SMILES string of the molecule is CCC[C@]1(CC(=O)O)OCCc2c1sc1c(C)c(F)cc(C#N)c21. The molecule has 1 atom stereocenters. The van der Waals surface area contributed by atoms with Crippen molar-refractivity contribution >= 4 is 27.4 Å². The number of nitrogens with zero attached hydrogens (tertiary/aromatic N) is 1. The molecular formula is C18H18FNO3S. The van der Waals surface area contributed by atoms with Crippen molar-refractivity contribution < 1.29 is 19.0 Å². The molecule has 0 amide bonds. The molecule has 0 spiro atoms. The number of carbonyl (C=O) groups is 1. The van der Waals surface area contributed by atoms with Crippen molar-refractivity contribution in [1.29, 1.82) is 5.26 Å². The topological polar surface area (TPSA) is 70.3 Å². The van der Waals surface area contributed by atoms with Crippen molar-refractivity contribution in [3.8, 4) is 6.07 Å². The highest BCUT2D eigenvalue weighted by Gasteiger charge is 2.42. The van der Waals surface area contributed by atoms with Gasteiger partial charge in [0.05, 0.1) is 24.7 Å². The Balaban J connectivity index is 2.34. The van der Waals surface area contributed by atoms with E-state index in [4.69, 9.17) is 4.74 Å². The van der Waals surface area contributed by atoms with Crippen LogP contribution in [-0.4, -0.2) is 17.7 Å². The highest BCUT2D eigenvalue weighted by molar-refractivity contribution is 7.19. The van der Waals surface area contributed by atoms with Gasteiger partial charge in [0.2, 0.25) is 0 Å². The molecule has 0 unspecified atom stereocenters. The molecule has 3 rings (SSSR count). The highest BCUT2D eigenvalue weighted by atomic mass is 32.1. The first-order valence-electron chi connectivity index (χ1n) is 7.94. The van der Waals surface area contributed by atoms with Crippen LogP contribution in [0.2, 0.25) is 0 Å². The second kappa shape index (κ2) is 6.15. The molecule has 4 nitrogen and oxygen atoms in total. The van der Waals surface area contributed by atoms with Crippen LogP contribution in [0.15, 0.2) is 6.07 Å². The van der Waals surface area contributed by atoms with Gasteiger partial charge in [-0.25, -0.2) is 4.39 Å². The van der Waals surface area contributed by atoms with Crippen molar-refractivity contribution in [2.45, 2.75) is 45.1 Å². The van der Waals surface area contributed by atoms with Crippen molar-refractivity contribution in [3.05, 3.63) is 33.5 Å². The summed E-state index contributed by atoms with van der Waals surface area (Å²) in [5, 5.41) is 19.6. The van der Waals surface area contributed by atoms with Crippen LogP contribution in [0, 0.1) is 24.1 Å². The monoisotopic (exact) mass is 347 g/mol. The summed E-state index contributed by atoms with van der Waals surface area (Å²) in [5.41, 5.74) is 0.890. The predicted molar refractivity (Wildman–Crippen MR) is 89.7 cm³/mol. The smallest absolute Gasteiger partial charge is 0.306 e. The van der Waals surface area contributed by atoms with E-state index in [-0.39, 0.29) is 6.42 Å².